The minimum absolute atomic E-state index is 0.213. The van der Waals surface area contributed by atoms with E-state index in [1.54, 1.807) is 0 Å². The second-order valence-electron chi connectivity index (χ2n) is 4.93. The molecule has 0 amide bonds. The summed E-state index contributed by atoms with van der Waals surface area (Å²) < 4.78 is 5.82. The van der Waals surface area contributed by atoms with Gasteiger partial charge in [0.15, 0.2) is 0 Å². The lowest BCUT2D eigenvalue weighted by Gasteiger charge is -2.14. The smallest absolute Gasteiger partial charge is 0.121 e. The van der Waals surface area contributed by atoms with Gasteiger partial charge in [0, 0.05) is 23.0 Å². The van der Waals surface area contributed by atoms with E-state index >= 15 is 0 Å². The summed E-state index contributed by atoms with van der Waals surface area (Å²) in [5, 5.41) is 3.34. The predicted molar refractivity (Wildman–Crippen MR) is 92.4 cm³/mol. The number of rotatable bonds is 6. The second-order valence-corrected chi connectivity index (χ2v) is 5.37. The summed E-state index contributed by atoms with van der Waals surface area (Å²) in [5.74, 6) is 0.870. The molecular weight excluding hydrogens is 280 g/mol. The molecule has 110 valence electrons. The summed E-state index contributed by atoms with van der Waals surface area (Å²) in [6.45, 7) is 4.17. The summed E-state index contributed by atoms with van der Waals surface area (Å²) in [4.78, 5) is 0.408. The van der Waals surface area contributed by atoms with Crippen molar-refractivity contribution >= 4 is 28.6 Å². The van der Waals surface area contributed by atoms with Crippen LogP contribution in [0.5, 0.6) is 5.75 Å². The highest BCUT2D eigenvalue weighted by atomic mass is 32.1. The summed E-state index contributed by atoms with van der Waals surface area (Å²) in [7, 11) is 0. The summed E-state index contributed by atoms with van der Waals surface area (Å²) in [6.07, 6.45) is 1.20. The van der Waals surface area contributed by atoms with E-state index in [9.17, 15) is 0 Å². The number of hydrogen-bond donors (Lipinski definition) is 2. The van der Waals surface area contributed by atoms with Gasteiger partial charge in [0.25, 0.3) is 0 Å². The zero-order valence-electron chi connectivity index (χ0n) is 12.3. The molecule has 21 heavy (non-hydrogen) atoms. The molecule has 0 fully saturated rings. The molecule has 4 heteroatoms. The van der Waals surface area contributed by atoms with Gasteiger partial charge in [-0.25, -0.2) is 0 Å². The van der Waals surface area contributed by atoms with Crippen LogP contribution in [-0.2, 0) is 0 Å². The molecule has 2 aromatic rings. The standard InChI is InChI=1S/C17H20N2OS/c1-3-12(2)20-16-6-4-5-15(11-16)19-14-9-7-13(8-10-14)17(18)21/h4-12,19H,3H2,1-2H3,(H2,18,21). The van der Waals surface area contributed by atoms with Gasteiger partial charge < -0.3 is 15.8 Å². The fraction of sp³-hybridized carbons (Fsp3) is 0.235. The Balaban J connectivity index is 2.08. The molecule has 2 aromatic carbocycles. The van der Waals surface area contributed by atoms with Gasteiger partial charge in [-0.05, 0) is 49.7 Å². The highest BCUT2D eigenvalue weighted by Crippen LogP contribution is 2.23. The Kier molecular flexibility index (Phi) is 5.17. The van der Waals surface area contributed by atoms with Crippen molar-refractivity contribution in [3.63, 3.8) is 0 Å². The minimum atomic E-state index is 0.213. The molecule has 0 saturated heterocycles. The van der Waals surface area contributed by atoms with Crippen molar-refractivity contribution in [2.24, 2.45) is 5.73 Å². The molecule has 0 radical (unpaired) electrons. The van der Waals surface area contributed by atoms with Crippen LogP contribution in [-0.4, -0.2) is 11.1 Å². The van der Waals surface area contributed by atoms with Crippen molar-refractivity contribution in [3.05, 3.63) is 54.1 Å². The highest BCUT2D eigenvalue weighted by molar-refractivity contribution is 7.80. The lowest BCUT2D eigenvalue weighted by atomic mass is 10.2. The van der Waals surface area contributed by atoms with Crippen molar-refractivity contribution in [1.82, 2.24) is 0 Å². The molecule has 0 aliphatic heterocycles. The Hall–Kier alpha value is -2.07. The average Bonchev–Trinajstić information content (AvgIpc) is 2.48. The van der Waals surface area contributed by atoms with Crippen LogP contribution in [0.1, 0.15) is 25.8 Å². The topological polar surface area (TPSA) is 47.3 Å². The monoisotopic (exact) mass is 300 g/mol. The van der Waals surface area contributed by atoms with Crippen molar-refractivity contribution in [2.75, 3.05) is 5.32 Å². The van der Waals surface area contributed by atoms with Crippen LogP contribution in [0.4, 0.5) is 11.4 Å². The van der Waals surface area contributed by atoms with Crippen LogP contribution in [0.2, 0.25) is 0 Å². The van der Waals surface area contributed by atoms with E-state index in [0.717, 1.165) is 29.1 Å². The molecule has 1 unspecified atom stereocenters. The quantitative estimate of drug-likeness (QED) is 0.783. The molecule has 2 rings (SSSR count). The Morgan fingerprint density at radius 1 is 1.19 bits per heavy atom. The van der Waals surface area contributed by atoms with Gasteiger partial charge in [0.05, 0.1) is 6.10 Å². The molecule has 0 aromatic heterocycles. The number of nitrogens with one attached hydrogen (secondary N) is 1. The zero-order chi connectivity index (χ0) is 15.2. The van der Waals surface area contributed by atoms with E-state index in [4.69, 9.17) is 22.7 Å². The Morgan fingerprint density at radius 3 is 2.52 bits per heavy atom. The Labute approximate surface area is 131 Å². The van der Waals surface area contributed by atoms with E-state index in [0.29, 0.717) is 4.99 Å². The van der Waals surface area contributed by atoms with Crippen molar-refractivity contribution < 1.29 is 4.74 Å². The van der Waals surface area contributed by atoms with E-state index in [1.807, 2.05) is 48.5 Å². The van der Waals surface area contributed by atoms with Crippen molar-refractivity contribution in [1.29, 1.82) is 0 Å². The number of anilines is 2. The molecule has 3 N–H and O–H groups in total. The van der Waals surface area contributed by atoms with Gasteiger partial charge in [-0.1, -0.05) is 25.2 Å². The fourth-order valence-corrected chi connectivity index (χ4v) is 1.98. The van der Waals surface area contributed by atoms with Gasteiger partial charge in [-0.2, -0.15) is 0 Å². The lowest BCUT2D eigenvalue weighted by molar-refractivity contribution is 0.217. The summed E-state index contributed by atoms with van der Waals surface area (Å²) in [6, 6.07) is 15.7. The molecule has 3 nitrogen and oxygen atoms in total. The first kappa shape index (κ1) is 15.3. The maximum atomic E-state index is 5.82. The number of thiocarbonyl (C=S) groups is 1. The van der Waals surface area contributed by atoms with Gasteiger partial charge in [0.1, 0.15) is 10.7 Å². The average molecular weight is 300 g/mol. The maximum absolute atomic E-state index is 5.82. The first-order chi connectivity index (χ1) is 10.1. The molecule has 0 heterocycles. The van der Waals surface area contributed by atoms with E-state index in [1.165, 1.54) is 0 Å². The Bertz CT molecular complexity index is 610. The van der Waals surface area contributed by atoms with Crippen LogP contribution in [0.25, 0.3) is 0 Å². The molecule has 1 atom stereocenters. The fourth-order valence-electron chi connectivity index (χ4n) is 1.85. The van der Waals surface area contributed by atoms with Crippen molar-refractivity contribution in [3.8, 4) is 5.75 Å². The first-order valence-electron chi connectivity index (χ1n) is 7.02. The number of hydrogen-bond acceptors (Lipinski definition) is 3. The molecular formula is C17H20N2OS. The molecule has 0 bridgehead atoms. The van der Waals surface area contributed by atoms with Crippen molar-refractivity contribution in [2.45, 2.75) is 26.4 Å². The van der Waals surface area contributed by atoms with Gasteiger partial charge >= 0.3 is 0 Å². The first-order valence-corrected chi connectivity index (χ1v) is 7.43. The molecule has 0 aliphatic rings. The largest absolute Gasteiger partial charge is 0.491 e. The van der Waals surface area contributed by atoms with Gasteiger partial charge in [0.2, 0.25) is 0 Å². The number of ether oxygens (including phenoxy) is 1. The van der Waals surface area contributed by atoms with E-state index in [2.05, 4.69) is 19.2 Å². The van der Waals surface area contributed by atoms with Gasteiger partial charge in [-0.3, -0.25) is 0 Å². The minimum Gasteiger partial charge on any atom is -0.491 e. The third kappa shape index (κ3) is 4.46. The lowest BCUT2D eigenvalue weighted by Crippen LogP contribution is -2.09. The molecule has 0 spiro atoms. The number of benzene rings is 2. The van der Waals surface area contributed by atoms with Crippen LogP contribution < -0.4 is 15.8 Å². The zero-order valence-corrected chi connectivity index (χ0v) is 13.1. The highest BCUT2D eigenvalue weighted by Gasteiger charge is 2.03. The van der Waals surface area contributed by atoms with Crippen LogP contribution >= 0.6 is 12.2 Å². The molecule has 0 aliphatic carbocycles. The van der Waals surface area contributed by atoms with Crippen LogP contribution in [0.3, 0.4) is 0 Å². The van der Waals surface area contributed by atoms with Crippen LogP contribution in [0.15, 0.2) is 48.5 Å². The second kappa shape index (κ2) is 7.09. The van der Waals surface area contributed by atoms with E-state index in [-0.39, 0.29) is 6.10 Å². The number of nitrogens with two attached hydrogens (primary N) is 1. The Morgan fingerprint density at radius 2 is 1.90 bits per heavy atom. The third-order valence-electron chi connectivity index (χ3n) is 3.20. The third-order valence-corrected chi connectivity index (χ3v) is 3.44. The maximum Gasteiger partial charge on any atom is 0.121 e. The van der Waals surface area contributed by atoms with Gasteiger partial charge in [-0.15, -0.1) is 0 Å². The normalized spacial score (nSPS) is 11.7. The van der Waals surface area contributed by atoms with E-state index < -0.39 is 0 Å². The summed E-state index contributed by atoms with van der Waals surface area (Å²) in [5.41, 5.74) is 8.42. The predicted octanol–water partition coefficient (Wildman–Crippen LogP) is 4.24. The SMILES string of the molecule is CCC(C)Oc1cccc(Nc2ccc(C(N)=S)cc2)c1. The summed E-state index contributed by atoms with van der Waals surface area (Å²) >= 11 is 4.94. The van der Waals surface area contributed by atoms with Crippen LogP contribution in [0, 0.1) is 0 Å². The molecule has 0 saturated carbocycles.